The zero-order valence-electron chi connectivity index (χ0n) is 6.86. The van der Waals surface area contributed by atoms with E-state index in [0.29, 0.717) is 0 Å². The van der Waals surface area contributed by atoms with Gasteiger partial charge < -0.3 is 0 Å². The summed E-state index contributed by atoms with van der Waals surface area (Å²) in [4.78, 5) is 4.44. The number of aromatic amines is 1. The van der Waals surface area contributed by atoms with Gasteiger partial charge in [0.15, 0.2) is 0 Å². The molecule has 0 amide bonds. The Hall–Kier alpha value is -1.90. The van der Waals surface area contributed by atoms with E-state index < -0.39 is 0 Å². The van der Waals surface area contributed by atoms with Gasteiger partial charge in [0.05, 0.1) is 16.9 Å². The summed E-state index contributed by atoms with van der Waals surface area (Å²) < 4.78 is 0. The molecule has 2 heterocycles. The maximum Gasteiger partial charge on any atom is 0.0913 e. The predicted molar refractivity (Wildman–Crippen MR) is 50.5 cm³/mol. The predicted octanol–water partition coefficient (Wildman–Crippen LogP) is 2.06. The zero-order chi connectivity index (χ0) is 8.67. The fourth-order valence-electron chi connectivity index (χ4n) is 1.55. The van der Waals surface area contributed by atoms with E-state index in [1.165, 1.54) is 0 Å². The van der Waals surface area contributed by atoms with Crippen LogP contribution in [-0.4, -0.2) is 15.2 Å². The Kier molecular flexibility index (Phi) is 1.16. The van der Waals surface area contributed by atoms with Crippen molar-refractivity contribution < 1.29 is 0 Å². The minimum Gasteiger partial charge on any atom is -0.276 e. The smallest absolute Gasteiger partial charge is 0.0913 e. The van der Waals surface area contributed by atoms with Crippen LogP contribution in [0.5, 0.6) is 0 Å². The Bertz CT molecular complexity index is 527. The van der Waals surface area contributed by atoms with Crippen molar-refractivity contribution >= 4 is 10.9 Å². The van der Waals surface area contributed by atoms with Crippen molar-refractivity contribution in [1.82, 2.24) is 15.2 Å². The van der Waals surface area contributed by atoms with Gasteiger partial charge in [0.25, 0.3) is 0 Å². The van der Waals surface area contributed by atoms with Gasteiger partial charge >= 0.3 is 0 Å². The number of para-hydroxylation sites is 1. The molecular weight excluding hydrogens is 162 g/mol. The lowest BCUT2D eigenvalue weighted by molar-refractivity contribution is 1.04. The second kappa shape index (κ2) is 2.29. The molecule has 3 rings (SSSR count). The van der Waals surface area contributed by atoms with Gasteiger partial charge in [-0.3, -0.25) is 5.10 Å². The van der Waals surface area contributed by atoms with Crippen LogP contribution in [0, 0.1) is 0 Å². The molecule has 1 aromatic carbocycles. The van der Waals surface area contributed by atoms with E-state index in [9.17, 15) is 0 Å². The van der Waals surface area contributed by atoms with Crippen molar-refractivity contribution in [2.45, 2.75) is 0 Å². The third-order valence-corrected chi connectivity index (χ3v) is 2.15. The summed E-state index contributed by atoms with van der Waals surface area (Å²) in [5.74, 6) is 0. The number of benzene rings is 1. The molecule has 1 aromatic rings. The molecule has 13 heavy (non-hydrogen) atoms. The van der Waals surface area contributed by atoms with Crippen molar-refractivity contribution in [3.63, 3.8) is 0 Å². The van der Waals surface area contributed by atoms with Gasteiger partial charge in [0, 0.05) is 11.6 Å². The molecule has 0 aliphatic carbocycles. The molecule has 0 atom stereocenters. The van der Waals surface area contributed by atoms with Crippen molar-refractivity contribution in [1.29, 1.82) is 0 Å². The highest BCUT2D eigenvalue weighted by Crippen LogP contribution is 2.27. The number of H-pyrrole nitrogens is 1. The third-order valence-electron chi connectivity index (χ3n) is 2.15. The molecule has 0 unspecified atom stereocenters. The lowest BCUT2D eigenvalue weighted by Gasteiger charge is -1.93. The highest BCUT2D eigenvalue weighted by molar-refractivity contribution is 5.94. The van der Waals surface area contributed by atoms with Gasteiger partial charge in [-0.2, -0.15) is 5.10 Å². The first-order valence-electron chi connectivity index (χ1n) is 4.13. The molecule has 0 fully saturated rings. The van der Waals surface area contributed by atoms with Crippen LogP contribution in [0.4, 0.5) is 0 Å². The number of fused-ring (bicyclic) bond motifs is 3. The summed E-state index contributed by atoms with van der Waals surface area (Å²) in [6, 6.07) is 9.95. The van der Waals surface area contributed by atoms with E-state index in [1.54, 1.807) is 6.20 Å². The maximum atomic E-state index is 4.44. The average molecular weight is 169 g/mol. The molecule has 0 spiro atoms. The molecule has 0 saturated carbocycles. The Morgan fingerprint density at radius 1 is 1.08 bits per heavy atom. The molecular formula is C10H7N3. The summed E-state index contributed by atoms with van der Waals surface area (Å²) in [6.45, 7) is 0. The highest BCUT2D eigenvalue weighted by atomic mass is 15.1. The molecule has 3 nitrogen and oxygen atoms in total. The molecule has 3 heteroatoms. The second-order valence-corrected chi connectivity index (χ2v) is 2.95. The molecule has 0 aromatic heterocycles. The van der Waals surface area contributed by atoms with Gasteiger partial charge in [-0.25, -0.2) is 4.98 Å². The highest BCUT2D eigenvalue weighted by Gasteiger charge is 2.09. The normalized spacial score (nSPS) is 11.1. The van der Waals surface area contributed by atoms with Crippen LogP contribution < -0.4 is 0 Å². The number of aromatic nitrogens is 3. The van der Waals surface area contributed by atoms with Gasteiger partial charge in [-0.15, -0.1) is 0 Å². The van der Waals surface area contributed by atoms with E-state index in [1.807, 2.05) is 30.3 Å². The summed E-state index contributed by atoms with van der Waals surface area (Å²) in [5, 5.41) is 8.06. The molecule has 62 valence electrons. The van der Waals surface area contributed by atoms with Crippen LogP contribution in [0.1, 0.15) is 0 Å². The SMILES string of the molecule is c1ccc2c3[nH]nccc-3nc2c1. The Balaban J connectivity index is 2.56. The monoisotopic (exact) mass is 169 g/mol. The lowest BCUT2D eigenvalue weighted by atomic mass is 10.2. The van der Waals surface area contributed by atoms with E-state index in [2.05, 4.69) is 15.2 Å². The molecule has 1 N–H and O–H groups in total. The topological polar surface area (TPSA) is 41.6 Å². The maximum absolute atomic E-state index is 4.44. The number of hydrogen-bond donors (Lipinski definition) is 1. The van der Waals surface area contributed by atoms with Crippen LogP contribution in [0.3, 0.4) is 0 Å². The molecule has 2 aliphatic rings. The van der Waals surface area contributed by atoms with Crippen LogP contribution in [0.2, 0.25) is 0 Å². The first-order chi connectivity index (χ1) is 6.45. The summed E-state index contributed by atoms with van der Waals surface area (Å²) in [6.07, 6.45) is 1.72. The Morgan fingerprint density at radius 3 is 3.00 bits per heavy atom. The largest absolute Gasteiger partial charge is 0.276 e. The summed E-state index contributed by atoms with van der Waals surface area (Å²) >= 11 is 0. The van der Waals surface area contributed by atoms with E-state index in [0.717, 1.165) is 22.3 Å². The first kappa shape index (κ1) is 6.60. The minimum atomic E-state index is 0.969. The Morgan fingerprint density at radius 2 is 2.00 bits per heavy atom. The number of hydrogen-bond acceptors (Lipinski definition) is 2. The standard InChI is InChI=1S/C10H7N3/c1-2-4-8-7(3-1)10-9(12-8)5-6-11-13-10/h1-6,13H. The minimum absolute atomic E-state index is 0.969. The van der Waals surface area contributed by atoms with E-state index in [-0.39, 0.29) is 0 Å². The lowest BCUT2D eigenvalue weighted by Crippen LogP contribution is -1.84. The molecule has 2 aliphatic heterocycles. The van der Waals surface area contributed by atoms with Gasteiger partial charge in [0.2, 0.25) is 0 Å². The van der Waals surface area contributed by atoms with E-state index in [4.69, 9.17) is 0 Å². The molecule has 0 radical (unpaired) electrons. The summed E-state index contributed by atoms with van der Waals surface area (Å²) in [7, 11) is 0. The molecule has 0 saturated heterocycles. The fourth-order valence-corrected chi connectivity index (χ4v) is 1.55. The first-order valence-corrected chi connectivity index (χ1v) is 4.13. The number of nitrogens with zero attached hydrogens (tertiary/aromatic N) is 2. The second-order valence-electron chi connectivity index (χ2n) is 2.95. The quantitative estimate of drug-likeness (QED) is 0.559. The van der Waals surface area contributed by atoms with E-state index >= 15 is 0 Å². The van der Waals surface area contributed by atoms with Gasteiger partial charge in [0.1, 0.15) is 0 Å². The number of rotatable bonds is 0. The molecule has 0 bridgehead atoms. The van der Waals surface area contributed by atoms with Gasteiger partial charge in [-0.1, -0.05) is 18.2 Å². The van der Waals surface area contributed by atoms with Crippen molar-refractivity contribution in [2.24, 2.45) is 0 Å². The zero-order valence-corrected chi connectivity index (χ0v) is 6.86. The van der Waals surface area contributed by atoms with Crippen molar-refractivity contribution in [3.05, 3.63) is 36.5 Å². The number of nitrogens with one attached hydrogen (secondary N) is 1. The van der Waals surface area contributed by atoms with Gasteiger partial charge in [-0.05, 0) is 12.1 Å². The van der Waals surface area contributed by atoms with Crippen molar-refractivity contribution in [3.8, 4) is 11.4 Å². The fraction of sp³-hybridized carbons (Fsp3) is 0. The van der Waals surface area contributed by atoms with Crippen LogP contribution in [-0.2, 0) is 0 Å². The average Bonchev–Trinajstić information content (AvgIpc) is 2.56. The third kappa shape index (κ3) is 0.839. The van der Waals surface area contributed by atoms with Crippen LogP contribution in [0.15, 0.2) is 36.5 Å². The van der Waals surface area contributed by atoms with Crippen LogP contribution >= 0.6 is 0 Å². The summed E-state index contributed by atoms with van der Waals surface area (Å²) in [5.41, 5.74) is 3.00. The Labute approximate surface area is 74.8 Å². The van der Waals surface area contributed by atoms with Crippen molar-refractivity contribution in [2.75, 3.05) is 0 Å². The van der Waals surface area contributed by atoms with Crippen LogP contribution in [0.25, 0.3) is 22.3 Å².